The summed E-state index contributed by atoms with van der Waals surface area (Å²) in [4.78, 5) is 23.8. The zero-order valence-electron chi connectivity index (χ0n) is 12.6. The van der Waals surface area contributed by atoms with Gasteiger partial charge in [-0.2, -0.15) is 5.10 Å². The van der Waals surface area contributed by atoms with Crippen LogP contribution in [0.1, 0.15) is 12.0 Å². The lowest BCUT2D eigenvalue weighted by Gasteiger charge is -2.17. The Morgan fingerprint density at radius 3 is 2.65 bits per heavy atom. The van der Waals surface area contributed by atoms with Gasteiger partial charge in [-0.05, 0) is 17.7 Å². The summed E-state index contributed by atoms with van der Waals surface area (Å²) in [6.07, 6.45) is 1.41. The fourth-order valence-corrected chi connectivity index (χ4v) is 1.90. The largest absolute Gasteiger partial charge is 0.481 e. The molecule has 1 aromatic heterocycles. The first kappa shape index (κ1) is 16.5. The normalized spacial score (nSPS) is 10.3. The molecule has 2 N–H and O–H groups in total. The van der Waals surface area contributed by atoms with E-state index in [2.05, 4.69) is 10.4 Å². The van der Waals surface area contributed by atoms with Gasteiger partial charge in [-0.1, -0.05) is 12.1 Å². The molecular weight excluding hydrogens is 303 g/mol. The van der Waals surface area contributed by atoms with Gasteiger partial charge >= 0.3 is 12.0 Å². The van der Waals surface area contributed by atoms with Crippen molar-refractivity contribution < 1.29 is 19.1 Å². The van der Waals surface area contributed by atoms with Crippen molar-refractivity contribution in [2.45, 2.75) is 13.0 Å². The van der Waals surface area contributed by atoms with Crippen LogP contribution in [0.2, 0.25) is 0 Å². The van der Waals surface area contributed by atoms with Gasteiger partial charge in [-0.3, -0.25) is 10.1 Å². The number of carboxylic acids is 1. The van der Waals surface area contributed by atoms with Crippen LogP contribution >= 0.6 is 0 Å². The Labute approximate surface area is 132 Å². The monoisotopic (exact) mass is 320 g/mol. The van der Waals surface area contributed by atoms with E-state index in [1.54, 1.807) is 22.9 Å². The number of carbonyl (C=O) groups excluding carboxylic acids is 1. The molecular formula is C15H17FN4O3. The van der Waals surface area contributed by atoms with Gasteiger partial charge in [-0.25, -0.2) is 13.9 Å². The molecule has 0 unspecified atom stereocenters. The van der Waals surface area contributed by atoms with Crippen LogP contribution in [-0.2, 0) is 11.3 Å². The van der Waals surface area contributed by atoms with E-state index < -0.39 is 12.0 Å². The Hall–Kier alpha value is -2.90. The van der Waals surface area contributed by atoms with Crippen molar-refractivity contribution >= 4 is 17.8 Å². The summed E-state index contributed by atoms with van der Waals surface area (Å²) in [6, 6.07) is 7.20. The Bertz CT molecular complexity index is 684. The number of aliphatic carboxylic acids is 1. The van der Waals surface area contributed by atoms with E-state index in [4.69, 9.17) is 5.11 Å². The number of aromatic nitrogens is 2. The maximum atomic E-state index is 12.9. The minimum Gasteiger partial charge on any atom is -0.481 e. The topological polar surface area (TPSA) is 87.5 Å². The Morgan fingerprint density at radius 2 is 2.00 bits per heavy atom. The van der Waals surface area contributed by atoms with Crippen LogP contribution in [0.25, 0.3) is 0 Å². The van der Waals surface area contributed by atoms with Crippen molar-refractivity contribution in [1.29, 1.82) is 0 Å². The van der Waals surface area contributed by atoms with Crippen molar-refractivity contribution in [1.82, 2.24) is 14.7 Å². The van der Waals surface area contributed by atoms with Crippen molar-refractivity contribution in [3.63, 3.8) is 0 Å². The average molecular weight is 320 g/mol. The number of hydrogen-bond donors (Lipinski definition) is 2. The third-order valence-electron chi connectivity index (χ3n) is 3.20. The third kappa shape index (κ3) is 4.80. The van der Waals surface area contributed by atoms with Gasteiger partial charge in [0.05, 0.1) is 19.2 Å². The molecule has 2 amide bonds. The van der Waals surface area contributed by atoms with E-state index in [0.717, 1.165) is 5.56 Å². The molecule has 23 heavy (non-hydrogen) atoms. The molecule has 1 heterocycles. The highest BCUT2D eigenvalue weighted by atomic mass is 19.1. The number of urea groups is 1. The minimum atomic E-state index is -0.967. The van der Waals surface area contributed by atoms with Gasteiger partial charge in [0, 0.05) is 19.7 Å². The predicted molar refractivity (Wildman–Crippen MR) is 81.6 cm³/mol. The first-order chi connectivity index (χ1) is 11.0. The zero-order valence-corrected chi connectivity index (χ0v) is 12.6. The van der Waals surface area contributed by atoms with E-state index >= 15 is 0 Å². The summed E-state index contributed by atoms with van der Waals surface area (Å²) in [6.45, 7) is 0.481. The molecule has 0 aliphatic carbocycles. The molecule has 0 atom stereocenters. The van der Waals surface area contributed by atoms with Gasteiger partial charge in [0.2, 0.25) is 0 Å². The van der Waals surface area contributed by atoms with Crippen LogP contribution in [0.15, 0.2) is 36.5 Å². The molecule has 0 fully saturated rings. The number of rotatable bonds is 6. The summed E-state index contributed by atoms with van der Waals surface area (Å²) in [5.74, 6) is -0.810. The van der Waals surface area contributed by atoms with E-state index in [1.165, 1.54) is 30.3 Å². The molecule has 0 aliphatic rings. The highest BCUT2D eigenvalue weighted by Gasteiger charge is 2.13. The highest BCUT2D eigenvalue weighted by molar-refractivity contribution is 5.88. The lowest BCUT2D eigenvalue weighted by Crippen LogP contribution is -2.33. The van der Waals surface area contributed by atoms with Crippen LogP contribution in [0.3, 0.4) is 0 Å². The lowest BCUT2D eigenvalue weighted by atomic mass is 10.2. The second-order valence-corrected chi connectivity index (χ2v) is 5.00. The quantitative estimate of drug-likeness (QED) is 0.852. The number of amides is 2. The molecule has 0 aliphatic heterocycles. The summed E-state index contributed by atoms with van der Waals surface area (Å²) in [5.41, 5.74) is 0.838. The molecule has 7 nitrogen and oxygen atoms in total. The number of anilines is 1. The first-order valence-electron chi connectivity index (χ1n) is 6.96. The van der Waals surface area contributed by atoms with Gasteiger partial charge < -0.3 is 10.0 Å². The number of halogens is 1. The molecule has 1 aromatic carbocycles. The molecule has 0 saturated carbocycles. The maximum Gasteiger partial charge on any atom is 0.322 e. The minimum absolute atomic E-state index is 0.104. The van der Waals surface area contributed by atoms with Crippen LogP contribution in [-0.4, -0.2) is 45.4 Å². The summed E-state index contributed by atoms with van der Waals surface area (Å²) < 4.78 is 14.5. The van der Waals surface area contributed by atoms with Crippen LogP contribution in [0.5, 0.6) is 0 Å². The van der Waals surface area contributed by atoms with E-state index in [0.29, 0.717) is 12.4 Å². The lowest BCUT2D eigenvalue weighted by molar-refractivity contribution is -0.137. The van der Waals surface area contributed by atoms with Crippen molar-refractivity contribution in [2.75, 3.05) is 18.9 Å². The maximum absolute atomic E-state index is 12.9. The smallest absolute Gasteiger partial charge is 0.322 e. The number of benzene rings is 1. The summed E-state index contributed by atoms with van der Waals surface area (Å²) >= 11 is 0. The van der Waals surface area contributed by atoms with Crippen molar-refractivity contribution in [2.24, 2.45) is 0 Å². The summed E-state index contributed by atoms with van der Waals surface area (Å²) in [7, 11) is 1.51. The Kier molecular flexibility index (Phi) is 5.29. The predicted octanol–water partition coefficient (Wildman–Crippen LogP) is 2.01. The number of carboxylic acid groups (broad SMARTS) is 1. The molecule has 0 spiro atoms. The molecule has 0 bridgehead atoms. The van der Waals surface area contributed by atoms with Gasteiger partial charge in [0.15, 0.2) is 0 Å². The highest BCUT2D eigenvalue weighted by Crippen LogP contribution is 2.11. The van der Waals surface area contributed by atoms with E-state index in [9.17, 15) is 14.0 Å². The standard InChI is InChI=1S/C15H17FN4O3/c1-19(9-7-14(21)22)15(23)18-13-6-8-17-20(13)10-11-2-4-12(16)5-3-11/h2-6,8H,7,9-10H2,1H3,(H,18,23)(H,21,22). The average Bonchev–Trinajstić information content (AvgIpc) is 2.94. The van der Waals surface area contributed by atoms with Gasteiger partial charge in [0.1, 0.15) is 11.6 Å². The van der Waals surface area contributed by atoms with Crippen LogP contribution in [0.4, 0.5) is 15.0 Å². The fraction of sp³-hybridized carbons (Fsp3) is 0.267. The molecule has 2 aromatic rings. The number of hydrogen-bond acceptors (Lipinski definition) is 3. The van der Waals surface area contributed by atoms with E-state index in [1.807, 2.05) is 0 Å². The number of nitrogens with zero attached hydrogens (tertiary/aromatic N) is 3. The van der Waals surface area contributed by atoms with Gasteiger partial charge in [0.25, 0.3) is 0 Å². The SMILES string of the molecule is CN(CCC(=O)O)C(=O)Nc1ccnn1Cc1ccc(F)cc1. The molecule has 0 saturated heterocycles. The van der Waals surface area contributed by atoms with E-state index in [-0.39, 0.29) is 18.8 Å². The molecule has 122 valence electrons. The fourth-order valence-electron chi connectivity index (χ4n) is 1.90. The zero-order chi connectivity index (χ0) is 16.8. The summed E-state index contributed by atoms with van der Waals surface area (Å²) in [5, 5.41) is 15.4. The van der Waals surface area contributed by atoms with Crippen molar-refractivity contribution in [3.05, 3.63) is 47.9 Å². The molecule has 2 rings (SSSR count). The third-order valence-corrected chi connectivity index (χ3v) is 3.20. The Balaban J connectivity index is 1.99. The van der Waals surface area contributed by atoms with Crippen molar-refractivity contribution in [3.8, 4) is 0 Å². The Morgan fingerprint density at radius 1 is 1.30 bits per heavy atom. The molecule has 0 radical (unpaired) electrons. The first-order valence-corrected chi connectivity index (χ1v) is 6.96. The van der Waals surface area contributed by atoms with Crippen LogP contribution < -0.4 is 5.32 Å². The van der Waals surface area contributed by atoms with Crippen LogP contribution in [0, 0.1) is 5.82 Å². The van der Waals surface area contributed by atoms with Gasteiger partial charge in [-0.15, -0.1) is 0 Å². The number of nitrogens with one attached hydrogen (secondary N) is 1. The number of carbonyl (C=O) groups is 2. The molecule has 8 heteroatoms. The second kappa shape index (κ2) is 7.39. The second-order valence-electron chi connectivity index (χ2n) is 5.00.